The SMILES string of the molecule is COc1cccc(S(=O)(=O)c2c(C(=O)N3CCOCC3)cnc3ccc(F)cc23)c1. The van der Waals surface area contributed by atoms with Crippen LogP contribution in [0.4, 0.5) is 4.39 Å². The van der Waals surface area contributed by atoms with Gasteiger partial charge in [-0.2, -0.15) is 0 Å². The Hall–Kier alpha value is -3.04. The summed E-state index contributed by atoms with van der Waals surface area (Å²) in [6.45, 7) is 1.38. The van der Waals surface area contributed by atoms with Crippen LogP contribution in [0.3, 0.4) is 0 Å². The molecule has 1 fully saturated rings. The maximum absolute atomic E-state index is 14.1. The fraction of sp³-hybridized carbons (Fsp3) is 0.238. The normalized spacial score (nSPS) is 14.7. The summed E-state index contributed by atoms with van der Waals surface area (Å²) in [4.78, 5) is 18.6. The first-order valence-corrected chi connectivity index (χ1v) is 10.7. The molecule has 156 valence electrons. The fourth-order valence-corrected chi connectivity index (χ4v) is 5.05. The number of benzene rings is 2. The molecule has 3 aromatic rings. The third kappa shape index (κ3) is 3.61. The smallest absolute Gasteiger partial charge is 0.256 e. The number of nitrogens with zero attached hydrogens (tertiary/aromatic N) is 2. The molecule has 2 heterocycles. The molecule has 4 rings (SSSR count). The molecular weight excluding hydrogens is 411 g/mol. The van der Waals surface area contributed by atoms with Crippen LogP contribution in [0.2, 0.25) is 0 Å². The number of halogens is 1. The Morgan fingerprint density at radius 1 is 1.17 bits per heavy atom. The van der Waals surface area contributed by atoms with E-state index in [9.17, 15) is 17.6 Å². The topological polar surface area (TPSA) is 85.8 Å². The van der Waals surface area contributed by atoms with Crippen molar-refractivity contribution in [3.63, 3.8) is 0 Å². The van der Waals surface area contributed by atoms with E-state index in [1.807, 2.05) is 0 Å². The zero-order valence-electron chi connectivity index (χ0n) is 16.2. The van der Waals surface area contributed by atoms with Gasteiger partial charge in [-0.05, 0) is 36.4 Å². The van der Waals surface area contributed by atoms with Crippen molar-refractivity contribution in [3.8, 4) is 5.75 Å². The highest BCUT2D eigenvalue weighted by Gasteiger charge is 2.31. The third-order valence-corrected chi connectivity index (χ3v) is 6.78. The Morgan fingerprint density at radius 2 is 1.93 bits per heavy atom. The zero-order valence-corrected chi connectivity index (χ0v) is 17.0. The summed E-state index contributed by atoms with van der Waals surface area (Å²) < 4.78 is 51.7. The number of sulfone groups is 1. The van der Waals surface area contributed by atoms with Crippen LogP contribution in [-0.4, -0.2) is 57.6 Å². The largest absolute Gasteiger partial charge is 0.497 e. The highest BCUT2D eigenvalue weighted by Crippen LogP contribution is 2.33. The average Bonchev–Trinajstić information content (AvgIpc) is 2.78. The van der Waals surface area contributed by atoms with Gasteiger partial charge in [-0.1, -0.05) is 6.07 Å². The molecule has 1 saturated heterocycles. The minimum Gasteiger partial charge on any atom is -0.497 e. The lowest BCUT2D eigenvalue weighted by Crippen LogP contribution is -2.41. The van der Waals surface area contributed by atoms with E-state index in [1.165, 1.54) is 42.5 Å². The van der Waals surface area contributed by atoms with Gasteiger partial charge in [0, 0.05) is 24.7 Å². The van der Waals surface area contributed by atoms with Crippen LogP contribution >= 0.6 is 0 Å². The predicted octanol–water partition coefficient (Wildman–Crippen LogP) is 2.69. The van der Waals surface area contributed by atoms with Crippen molar-refractivity contribution in [2.45, 2.75) is 9.79 Å². The molecule has 30 heavy (non-hydrogen) atoms. The number of amides is 1. The molecule has 0 spiro atoms. The van der Waals surface area contributed by atoms with E-state index in [2.05, 4.69) is 4.98 Å². The van der Waals surface area contributed by atoms with Crippen molar-refractivity contribution < 1.29 is 27.1 Å². The molecule has 9 heteroatoms. The molecule has 0 radical (unpaired) electrons. The first-order chi connectivity index (χ1) is 14.4. The second kappa shape index (κ2) is 8.00. The molecule has 0 bridgehead atoms. The van der Waals surface area contributed by atoms with Crippen LogP contribution in [0.1, 0.15) is 10.4 Å². The van der Waals surface area contributed by atoms with Crippen LogP contribution < -0.4 is 4.74 Å². The Morgan fingerprint density at radius 3 is 2.67 bits per heavy atom. The van der Waals surface area contributed by atoms with E-state index in [4.69, 9.17) is 9.47 Å². The number of aromatic nitrogens is 1. The number of carbonyl (C=O) groups excluding carboxylic acids is 1. The van der Waals surface area contributed by atoms with Crippen molar-refractivity contribution in [3.05, 3.63) is 60.0 Å². The van der Waals surface area contributed by atoms with E-state index in [-0.39, 0.29) is 26.3 Å². The van der Waals surface area contributed by atoms with E-state index in [0.29, 0.717) is 32.1 Å². The molecule has 0 aliphatic carbocycles. The Labute approximate surface area is 173 Å². The number of rotatable bonds is 4. The van der Waals surface area contributed by atoms with E-state index < -0.39 is 21.6 Å². The molecule has 1 amide bonds. The summed E-state index contributed by atoms with van der Waals surface area (Å²) in [5.41, 5.74) is 0.175. The molecule has 2 aromatic carbocycles. The minimum atomic E-state index is -4.19. The van der Waals surface area contributed by atoms with Gasteiger partial charge >= 0.3 is 0 Å². The van der Waals surface area contributed by atoms with Crippen LogP contribution in [0.5, 0.6) is 5.75 Å². The van der Waals surface area contributed by atoms with Crippen molar-refractivity contribution in [2.24, 2.45) is 0 Å². The first-order valence-electron chi connectivity index (χ1n) is 9.26. The summed E-state index contributed by atoms with van der Waals surface area (Å²) in [5, 5.41) is 0.0527. The van der Waals surface area contributed by atoms with Crippen LogP contribution in [-0.2, 0) is 14.6 Å². The highest BCUT2D eigenvalue weighted by atomic mass is 32.2. The molecule has 0 N–H and O–H groups in total. The lowest BCUT2D eigenvalue weighted by atomic mass is 10.1. The molecule has 1 aromatic heterocycles. The van der Waals surface area contributed by atoms with Gasteiger partial charge < -0.3 is 14.4 Å². The van der Waals surface area contributed by atoms with Gasteiger partial charge in [0.05, 0.1) is 41.2 Å². The van der Waals surface area contributed by atoms with Gasteiger partial charge in [-0.25, -0.2) is 12.8 Å². The molecule has 1 aliphatic heterocycles. The number of morpholine rings is 1. The maximum atomic E-state index is 14.1. The van der Waals surface area contributed by atoms with Gasteiger partial charge in [0.2, 0.25) is 9.84 Å². The molecule has 7 nitrogen and oxygen atoms in total. The summed E-state index contributed by atoms with van der Waals surface area (Å²) in [6, 6.07) is 9.60. The quantitative estimate of drug-likeness (QED) is 0.633. The maximum Gasteiger partial charge on any atom is 0.256 e. The van der Waals surface area contributed by atoms with Crippen LogP contribution in [0, 0.1) is 5.82 Å². The van der Waals surface area contributed by atoms with Crippen molar-refractivity contribution in [1.82, 2.24) is 9.88 Å². The lowest BCUT2D eigenvalue weighted by molar-refractivity contribution is 0.0300. The standard InChI is InChI=1S/C21H19FN2O5S/c1-28-15-3-2-4-16(12-15)30(26,27)20-17-11-14(22)5-6-19(17)23-13-18(20)21(25)24-7-9-29-10-8-24/h2-6,11-13H,7-10H2,1H3. The predicted molar refractivity (Wildman–Crippen MR) is 107 cm³/mol. The van der Waals surface area contributed by atoms with E-state index in [1.54, 1.807) is 12.1 Å². The summed E-state index contributed by atoms with van der Waals surface area (Å²) >= 11 is 0. The summed E-state index contributed by atoms with van der Waals surface area (Å²) in [6.07, 6.45) is 1.24. The molecule has 0 atom stereocenters. The number of pyridine rings is 1. The molecular formula is C21H19FN2O5S. The van der Waals surface area contributed by atoms with Crippen molar-refractivity contribution >= 4 is 26.6 Å². The van der Waals surface area contributed by atoms with Crippen molar-refractivity contribution in [1.29, 1.82) is 0 Å². The third-order valence-electron chi connectivity index (χ3n) is 4.93. The monoisotopic (exact) mass is 430 g/mol. The number of methoxy groups -OCH3 is 1. The van der Waals surface area contributed by atoms with Crippen molar-refractivity contribution in [2.75, 3.05) is 33.4 Å². The van der Waals surface area contributed by atoms with E-state index in [0.717, 1.165) is 6.07 Å². The van der Waals surface area contributed by atoms with Gasteiger partial charge in [-0.15, -0.1) is 0 Å². The lowest BCUT2D eigenvalue weighted by Gasteiger charge is -2.27. The highest BCUT2D eigenvalue weighted by molar-refractivity contribution is 7.91. The number of ether oxygens (including phenoxy) is 2. The van der Waals surface area contributed by atoms with Crippen LogP contribution in [0.25, 0.3) is 10.9 Å². The van der Waals surface area contributed by atoms with E-state index >= 15 is 0 Å². The Balaban J connectivity index is 1.97. The fourth-order valence-electron chi connectivity index (χ4n) is 3.41. The molecule has 1 aliphatic rings. The Bertz CT molecular complexity index is 1220. The van der Waals surface area contributed by atoms with Gasteiger partial charge in [0.25, 0.3) is 5.91 Å². The number of fused-ring (bicyclic) bond motifs is 1. The second-order valence-electron chi connectivity index (χ2n) is 6.75. The number of carbonyl (C=O) groups is 1. The molecule has 0 unspecified atom stereocenters. The average molecular weight is 430 g/mol. The minimum absolute atomic E-state index is 0.0527. The van der Waals surface area contributed by atoms with Gasteiger partial charge in [-0.3, -0.25) is 9.78 Å². The Kier molecular flexibility index (Phi) is 5.40. The first kappa shape index (κ1) is 20.2. The summed E-state index contributed by atoms with van der Waals surface area (Å²) in [5.74, 6) is -0.762. The number of hydrogen-bond acceptors (Lipinski definition) is 6. The van der Waals surface area contributed by atoms with Gasteiger partial charge in [0.1, 0.15) is 11.6 Å². The second-order valence-corrected chi connectivity index (χ2v) is 8.64. The van der Waals surface area contributed by atoms with Gasteiger partial charge in [0.15, 0.2) is 0 Å². The summed E-state index contributed by atoms with van der Waals surface area (Å²) in [7, 11) is -2.77. The van der Waals surface area contributed by atoms with Crippen LogP contribution in [0.15, 0.2) is 58.5 Å². The zero-order chi connectivity index (χ0) is 21.3. The molecule has 0 saturated carbocycles. The number of hydrogen-bond donors (Lipinski definition) is 0.